The van der Waals surface area contributed by atoms with Crippen LogP contribution in [0.3, 0.4) is 0 Å². The number of hydrogen-bond acceptors (Lipinski definition) is 5. The number of ether oxygens (including phenoxy) is 1. The Morgan fingerprint density at radius 2 is 1.93 bits per heavy atom. The lowest BCUT2D eigenvalue weighted by Gasteiger charge is -2.12. The lowest BCUT2D eigenvalue weighted by molar-refractivity contribution is -0.147. The predicted octanol–water partition coefficient (Wildman–Crippen LogP) is -1.75. The number of carbonyl (C=O) groups excluding carboxylic acids is 3. The average Bonchev–Trinajstić information content (AvgIpc) is 2.49. The quantitative estimate of drug-likeness (QED) is 0.330. The third kappa shape index (κ3) is 3.07. The predicted molar refractivity (Wildman–Crippen MR) is 49.1 cm³/mol. The fourth-order valence-electron chi connectivity index (χ4n) is 0.978. The van der Waals surface area contributed by atoms with Gasteiger partial charge in [-0.05, 0) is 0 Å². The minimum absolute atomic E-state index is 0.0218. The van der Waals surface area contributed by atoms with E-state index in [1.165, 1.54) is 0 Å². The maximum Gasteiger partial charge on any atom is 0.307 e. The van der Waals surface area contributed by atoms with Gasteiger partial charge in [0, 0.05) is 18.4 Å². The summed E-state index contributed by atoms with van der Waals surface area (Å²) < 4.78 is 4.72. The van der Waals surface area contributed by atoms with Crippen LogP contribution >= 0.6 is 0 Å². The van der Waals surface area contributed by atoms with Gasteiger partial charge in [-0.15, -0.1) is 0 Å². The molecule has 15 heavy (non-hydrogen) atoms. The minimum atomic E-state index is -0.560. The highest BCUT2D eigenvalue weighted by molar-refractivity contribution is 6.18. The van der Waals surface area contributed by atoms with E-state index in [4.69, 9.17) is 10.5 Å². The number of imide groups is 1. The Bertz CT molecular complexity index is 333. The topological polar surface area (TPSA) is 89.7 Å². The second kappa shape index (κ2) is 5.12. The molecule has 0 bridgehead atoms. The maximum atomic E-state index is 11.0. The molecule has 0 radical (unpaired) electrons. The fraction of sp³-hybridized carbons (Fsp3) is 0.444. The van der Waals surface area contributed by atoms with Crippen molar-refractivity contribution in [2.24, 2.45) is 5.73 Å². The van der Waals surface area contributed by atoms with Crippen molar-refractivity contribution in [3.63, 3.8) is 0 Å². The van der Waals surface area contributed by atoms with Gasteiger partial charge in [0.1, 0.15) is 6.61 Å². The number of rotatable bonds is 5. The summed E-state index contributed by atoms with van der Waals surface area (Å²) in [6.45, 7) is 0.206. The molecule has 1 aliphatic heterocycles. The summed E-state index contributed by atoms with van der Waals surface area (Å²) in [6, 6.07) is 0. The first-order valence-electron chi connectivity index (χ1n) is 4.38. The number of nitrogens with two attached hydrogens (primary N) is 1. The van der Waals surface area contributed by atoms with E-state index in [0.29, 0.717) is 0 Å². The molecule has 0 saturated heterocycles. The first-order valence-corrected chi connectivity index (χ1v) is 4.38. The molecular formula is C9H10N2O4. The van der Waals surface area contributed by atoms with Gasteiger partial charge in [0.2, 0.25) is 0 Å². The summed E-state index contributed by atoms with van der Waals surface area (Å²) >= 11 is 0. The Morgan fingerprint density at radius 3 is 2.47 bits per heavy atom. The molecule has 1 aliphatic rings. The van der Waals surface area contributed by atoms with Gasteiger partial charge >= 0.3 is 17.8 Å². The second-order valence-electron chi connectivity index (χ2n) is 2.77. The van der Waals surface area contributed by atoms with Crippen LogP contribution in [0.1, 0.15) is 6.42 Å². The van der Waals surface area contributed by atoms with E-state index in [0.717, 1.165) is 4.90 Å². The van der Waals surface area contributed by atoms with Crippen LogP contribution in [0.5, 0.6) is 0 Å². The first-order chi connectivity index (χ1) is 7.15. The third-order valence-electron chi connectivity index (χ3n) is 1.69. The van der Waals surface area contributed by atoms with Crippen molar-refractivity contribution in [1.29, 1.82) is 0 Å². The van der Waals surface area contributed by atoms with E-state index >= 15 is 0 Å². The monoisotopic (exact) mass is 210 g/mol. The van der Waals surface area contributed by atoms with Gasteiger partial charge in [-0.2, -0.15) is 0 Å². The van der Waals surface area contributed by atoms with Gasteiger partial charge < -0.3 is 10.5 Å². The summed E-state index contributed by atoms with van der Waals surface area (Å²) in [7, 11) is 0. The lowest BCUT2D eigenvalue weighted by atomic mass is 10.4. The Kier molecular flexibility index (Phi) is 3.83. The van der Waals surface area contributed by atoms with E-state index in [-0.39, 0.29) is 26.1 Å². The van der Waals surface area contributed by atoms with Crippen LogP contribution in [0.2, 0.25) is 0 Å². The van der Waals surface area contributed by atoms with E-state index in [9.17, 15) is 14.4 Å². The number of nitrogens with zero attached hydrogens (tertiary/aromatic N) is 1. The highest BCUT2D eigenvalue weighted by Crippen LogP contribution is 1.97. The molecule has 0 saturated carbocycles. The van der Waals surface area contributed by atoms with Gasteiger partial charge in [0.25, 0.3) is 0 Å². The van der Waals surface area contributed by atoms with Crippen molar-refractivity contribution in [1.82, 2.24) is 4.90 Å². The third-order valence-corrected chi connectivity index (χ3v) is 1.69. The molecule has 2 N–H and O–H groups in total. The van der Waals surface area contributed by atoms with E-state index in [1.807, 2.05) is 0 Å². The molecule has 1 rings (SSSR count). The van der Waals surface area contributed by atoms with E-state index in [2.05, 4.69) is 11.8 Å². The van der Waals surface area contributed by atoms with Crippen molar-refractivity contribution in [3.8, 4) is 11.8 Å². The van der Waals surface area contributed by atoms with Crippen LogP contribution < -0.4 is 5.73 Å². The zero-order valence-corrected chi connectivity index (χ0v) is 7.99. The molecule has 1 heterocycles. The number of esters is 1. The van der Waals surface area contributed by atoms with E-state index in [1.54, 1.807) is 0 Å². The van der Waals surface area contributed by atoms with Crippen LogP contribution in [0.25, 0.3) is 0 Å². The van der Waals surface area contributed by atoms with Crippen molar-refractivity contribution in [2.75, 3.05) is 19.7 Å². The van der Waals surface area contributed by atoms with E-state index < -0.39 is 17.8 Å². The molecule has 6 nitrogen and oxygen atoms in total. The summed E-state index contributed by atoms with van der Waals surface area (Å²) in [6.07, 6.45) is 0.123. The molecule has 2 amide bonds. The molecular weight excluding hydrogens is 200 g/mol. The maximum absolute atomic E-state index is 11.0. The van der Waals surface area contributed by atoms with Gasteiger partial charge in [0.05, 0.1) is 13.0 Å². The van der Waals surface area contributed by atoms with Crippen molar-refractivity contribution < 1.29 is 19.1 Å². The molecule has 80 valence electrons. The second-order valence-corrected chi connectivity index (χ2v) is 2.77. The Labute approximate surface area is 86.4 Å². The smallest absolute Gasteiger partial charge is 0.307 e. The zero-order valence-electron chi connectivity index (χ0n) is 7.99. The largest absolute Gasteiger partial charge is 0.464 e. The number of hydrogen-bond donors (Lipinski definition) is 1. The zero-order chi connectivity index (χ0) is 11.3. The Hall–Kier alpha value is -1.87. The Balaban J connectivity index is 2.24. The molecule has 0 aromatic heterocycles. The fourth-order valence-corrected chi connectivity index (χ4v) is 0.978. The van der Waals surface area contributed by atoms with Gasteiger partial charge in [0.15, 0.2) is 0 Å². The minimum Gasteiger partial charge on any atom is -0.464 e. The summed E-state index contributed by atoms with van der Waals surface area (Å²) in [5.41, 5.74) is 5.13. The van der Waals surface area contributed by atoms with Crippen LogP contribution in [0.4, 0.5) is 0 Å². The SMILES string of the molecule is NCCC(=O)OCCN1C(=O)C#CC1=O. The number of amides is 2. The molecule has 6 heteroatoms. The standard InChI is InChI=1S/C9H10N2O4/c10-4-3-9(14)15-6-5-11-7(12)1-2-8(11)13/h3-6,10H2. The van der Waals surface area contributed by atoms with Crippen molar-refractivity contribution in [3.05, 3.63) is 0 Å². The van der Waals surface area contributed by atoms with Gasteiger partial charge in [-0.25, -0.2) is 0 Å². The Morgan fingerprint density at radius 1 is 1.33 bits per heavy atom. The summed E-state index contributed by atoms with van der Waals surface area (Å²) in [4.78, 5) is 33.7. The molecule has 0 spiro atoms. The molecule has 0 aromatic carbocycles. The van der Waals surface area contributed by atoms with Crippen molar-refractivity contribution >= 4 is 17.8 Å². The first kappa shape index (κ1) is 11.2. The molecule has 0 unspecified atom stereocenters. The van der Waals surface area contributed by atoms with Gasteiger partial charge in [-0.3, -0.25) is 19.3 Å². The van der Waals surface area contributed by atoms with Crippen LogP contribution in [-0.4, -0.2) is 42.4 Å². The van der Waals surface area contributed by atoms with Crippen LogP contribution in [-0.2, 0) is 19.1 Å². The molecule has 0 aliphatic carbocycles. The lowest BCUT2D eigenvalue weighted by Crippen LogP contribution is -2.34. The normalized spacial score (nSPS) is 13.8. The average molecular weight is 210 g/mol. The molecule has 0 aromatic rings. The van der Waals surface area contributed by atoms with Crippen LogP contribution in [0, 0.1) is 11.8 Å². The van der Waals surface area contributed by atoms with Gasteiger partial charge in [-0.1, -0.05) is 0 Å². The highest BCUT2D eigenvalue weighted by Gasteiger charge is 2.23. The molecule has 0 atom stereocenters. The highest BCUT2D eigenvalue weighted by atomic mass is 16.5. The molecule has 0 fully saturated rings. The van der Waals surface area contributed by atoms with Crippen LogP contribution in [0.15, 0.2) is 0 Å². The van der Waals surface area contributed by atoms with Crippen molar-refractivity contribution in [2.45, 2.75) is 6.42 Å². The summed E-state index contributed by atoms with van der Waals surface area (Å²) in [5, 5.41) is 0. The number of carbonyl (C=O) groups is 3. The summed E-state index contributed by atoms with van der Waals surface area (Å²) in [5.74, 6) is 2.65.